The molecule has 1 aromatic rings. The van der Waals surface area contributed by atoms with Crippen LogP contribution in [0.3, 0.4) is 0 Å². The Morgan fingerprint density at radius 1 is 0.946 bits per heavy atom. The van der Waals surface area contributed by atoms with Crippen molar-refractivity contribution in [1.82, 2.24) is 31.1 Å². The third-order valence-electron chi connectivity index (χ3n) is 10.5. The molecule has 3 aliphatic rings. The lowest BCUT2D eigenvalue weighted by Crippen LogP contribution is -2.58. The minimum absolute atomic E-state index is 0.117. The third kappa shape index (κ3) is 12.5. The SMILES string of the molecule is CN(C)C(=O)C(NC(=O)CNC(=O)C(=O)[C@@H]1CCCCCCCCCC[C@H](NC(=O)OC(C)(C)C)C(=O)N2C[C@@H]3OC(C)(C)C[C@@H]3[C@H]2C(=O)N1)c1ccccc1. The summed E-state index contributed by atoms with van der Waals surface area (Å²) in [5.41, 5.74) is -0.793. The Morgan fingerprint density at radius 2 is 1.55 bits per heavy atom. The molecule has 0 bridgehead atoms. The first-order chi connectivity index (χ1) is 26.4. The zero-order valence-corrected chi connectivity index (χ0v) is 34.1. The highest BCUT2D eigenvalue weighted by Crippen LogP contribution is 2.43. The van der Waals surface area contributed by atoms with E-state index in [-0.39, 0.29) is 18.9 Å². The fourth-order valence-corrected chi connectivity index (χ4v) is 7.83. The summed E-state index contributed by atoms with van der Waals surface area (Å²) in [5, 5.41) is 10.6. The number of likely N-dealkylation sites (N-methyl/N-ethyl adjacent to an activating group) is 1. The number of benzene rings is 1. The number of carbonyl (C=O) groups is 7. The summed E-state index contributed by atoms with van der Waals surface area (Å²) in [7, 11) is 3.13. The van der Waals surface area contributed by atoms with Crippen LogP contribution >= 0.6 is 0 Å². The molecule has 3 heterocycles. The van der Waals surface area contributed by atoms with Crippen LogP contribution in [0.1, 0.15) is 117 Å². The van der Waals surface area contributed by atoms with Gasteiger partial charge in [-0.2, -0.15) is 0 Å². The van der Waals surface area contributed by atoms with E-state index < -0.39 is 89.4 Å². The fraction of sp³-hybridized carbons (Fsp3) is 0.683. The predicted octanol–water partition coefficient (Wildman–Crippen LogP) is 3.30. The molecule has 0 aliphatic carbocycles. The van der Waals surface area contributed by atoms with Crippen molar-refractivity contribution in [1.29, 1.82) is 0 Å². The second-order valence-electron chi connectivity index (χ2n) is 17.1. The lowest BCUT2D eigenvalue weighted by Gasteiger charge is -2.33. The van der Waals surface area contributed by atoms with Gasteiger partial charge in [0.2, 0.25) is 29.4 Å². The lowest BCUT2D eigenvalue weighted by atomic mass is 9.89. The maximum absolute atomic E-state index is 14.4. The van der Waals surface area contributed by atoms with Crippen molar-refractivity contribution >= 4 is 41.4 Å². The molecule has 0 spiro atoms. The fourth-order valence-electron chi connectivity index (χ4n) is 7.83. The van der Waals surface area contributed by atoms with Crippen LogP contribution in [0.5, 0.6) is 0 Å². The van der Waals surface area contributed by atoms with Crippen molar-refractivity contribution in [3.63, 3.8) is 0 Å². The van der Waals surface area contributed by atoms with E-state index in [2.05, 4.69) is 21.3 Å². The third-order valence-corrected chi connectivity index (χ3v) is 10.5. The van der Waals surface area contributed by atoms with Gasteiger partial charge >= 0.3 is 6.09 Å². The molecule has 4 N–H and O–H groups in total. The van der Waals surface area contributed by atoms with Gasteiger partial charge in [-0.05, 0) is 59.4 Å². The van der Waals surface area contributed by atoms with Gasteiger partial charge in [0.15, 0.2) is 0 Å². The Labute approximate surface area is 330 Å². The zero-order valence-electron chi connectivity index (χ0n) is 34.1. The van der Waals surface area contributed by atoms with Crippen LogP contribution in [-0.2, 0) is 38.2 Å². The van der Waals surface area contributed by atoms with E-state index in [1.807, 2.05) is 13.8 Å². The van der Waals surface area contributed by atoms with Crippen LogP contribution in [0.25, 0.3) is 0 Å². The maximum atomic E-state index is 14.4. The van der Waals surface area contributed by atoms with E-state index in [1.165, 1.54) is 9.80 Å². The molecule has 1 aromatic carbocycles. The summed E-state index contributed by atoms with van der Waals surface area (Å²) in [5.74, 6) is -4.47. The van der Waals surface area contributed by atoms with Crippen LogP contribution in [-0.4, -0.2) is 114 Å². The molecule has 0 aromatic heterocycles. The molecule has 3 saturated heterocycles. The first-order valence-corrected chi connectivity index (χ1v) is 20.0. The number of alkyl carbamates (subject to hydrolysis) is 1. The van der Waals surface area contributed by atoms with Crippen LogP contribution in [0.4, 0.5) is 4.79 Å². The summed E-state index contributed by atoms with van der Waals surface area (Å²) in [6, 6.07) is 4.45. The number of fused-ring (bicyclic) bond motifs is 3. The van der Waals surface area contributed by atoms with E-state index in [4.69, 9.17) is 9.47 Å². The molecule has 6 amide bonds. The Bertz CT molecular complexity index is 1580. The molecule has 56 heavy (non-hydrogen) atoms. The molecule has 310 valence electrons. The molecular formula is C41H62N6O9. The quantitative estimate of drug-likeness (QED) is 0.287. The summed E-state index contributed by atoms with van der Waals surface area (Å²) >= 11 is 0. The molecule has 15 heteroatoms. The van der Waals surface area contributed by atoms with Gasteiger partial charge in [-0.3, -0.25) is 28.8 Å². The molecule has 1 unspecified atom stereocenters. The molecule has 6 atom stereocenters. The number of amides is 6. The van der Waals surface area contributed by atoms with E-state index in [1.54, 1.807) is 65.2 Å². The molecule has 3 fully saturated rings. The number of hydrogen-bond acceptors (Lipinski definition) is 9. The highest BCUT2D eigenvalue weighted by Gasteiger charge is 2.56. The summed E-state index contributed by atoms with van der Waals surface area (Å²) in [6.07, 6.45) is 6.54. The number of rotatable bonds is 8. The number of ketones is 1. The average Bonchev–Trinajstić information content (AvgIpc) is 3.62. The van der Waals surface area contributed by atoms with Gasteiger partial charge in [0.05, 0.1) is 24.3 Å². The summed E-state index contributed by atoms with van der Waals surface area (Å²) < 4.78 is 11.8. The number of ether oxygens (including phenoxy) is 2. The van der Waals surface area contributed by atoms with E-state index >= 15 is 0 Å². The normalized spacial score (nSPS) is 25.3. The van der Waals surface area contributed by atoms with Gasteiger partial charge in [-0.1, -0.05) is 81.7 Å². The largest absolute Gasteiger partial charge is 0.444 e. The second-order valence-corrected chi connectivity index (χ2v) is 17.1. The van der Waals surface area contributed by atoms with Crippen LogP contribution < -0.4 is 21.3 Å². The summed E-state index contributed by atoms with van der Waals surface area (Å²) in [4.78, 5) is 97.5. The Kier molecular flexibility index (Phi) is 15.4. The smallest absolute Gasteiger partial charge is 0.408 e. The lowest BCUT2D eigenvalue weighted by molar-refractivity contribution is -0.144. The minimum Gasteiger partial charge on any atom is -0.444 e. The van der Waals surface area contributed by atoms with Gasteiger partial charge in [0.25, 0.3) is 5.91 Å². The molecule has 3 aliphatic heterocycles. The highest BCUT2D eigenvalue weighted by molar-refractivity contribution is 6.38. The van der Waals surface area contributed by atoms with Crippen LogP contribution in [0, 0.1) is 5.92 Å². The van der Waals surface area contributed by atoms with Crippen molar-refractivity contribution in [2.75, 3.05) is 27.2 Å². The standard InChI is InChI=1S/C41H62N6O9/c1-40(2,3)56-39(54)44-29-22-18-13-11-9-8-10-12-17-21-28(43-35(50)33-27-23-41(4,5)55-30(27)25-47(33)37(29)52)34(49)36(51)42-24-31(48)45-32(38(53)46(6)7)26-19-15-14-16-20-26/h14-16,19-20,27-30,32-33H,8-13,17-18,21-25H2,1-7H3,(H,42,51)(H,43,50)(H,44,54)(H,45,48)/t27-,28-,29-,30-,32?,33-/m0/s1. The van der Waals surface area contributed by atoms with Crippen LogP contribution in [0.2, 0.25) is 0 Å². The van der Waals surface area contributed by atoms with Gasteiger partial charge in [0, 0.05) is 26.6 Å². The minimum atomic E-state index is -1.23. The van der Waals surface area contributed by atoms with Crippen molar-refractivity contribution in [2.45, 2.75) is 147 Å². The Morgan fingerprint density at radius 3 is 2.16 bits per heavy atom. The number of nitrogens with one attached hydrogen (secondary N) is 4. The second kappa shape index (κ2) is 19.6. The molecule has 0 saturated carbocycles. The predicted molar refractivity (Wildman–Crippen MR) is 208 cm³/mol. The topological polar surface area (TPSA) is 193 Å². The van der Waals surface area contributed by atoms with Gasteiger partial charge in [-0.15, -0.1) is 0 Å². The van der Waals surface area contributed by atoms with Gasteiger partial charge in [0.1, 0.15) is 23.7 Å². The number of carbonyl (C=O) groups excluding carboxylic acids is 7. The van der Waals surface area contributed by atoms with Crippen molar-refractivity contribution in [3.8, 4) is 0 Å². The molecule has 15 nitrogen and oxygen atoms in total. The Hall–Kier alpha value is -4.53. The van der Waals surface area contributed by atoms with E-state index in [0.717, 1.165) is 38.5 Å². The summed E-state index contributed by atoms with van der Waals surface area (Å²) in [6.45, 7) is 8.59. The molecule has 0 radical (unpaired) electrons. The first kappa shape index (κ1) is 44.2. The monoisotopic (exact) mass is 782 g/mol. The molecule has 4 rings (SSSR count). The highest BCUT2D eigenvalue weighted by atomic mass is 16.6. The first-order valence-electron chi connectivity index (χ1n) is 20.0. The number of nitrogens with zero attached hydrogens (tertiary/aromatic N) is 2. The van der Waals surface area contributed by atoms with Crippen molar-refractivity contribution in [2.24, 2.45) is 5.92 Å². The maximum Gasteiger partial charge on any atom is 0.408 e. The molecular weight excluding hydrogens is 720 g/mol. The number of hydrogen-bond donors (Lipinski definition) is 4. The van der Waals surface area contributed by atoms with Crippen molar-refractivity contribution < 1.29 is 43.0 Å². The average molecular weight is 783 g/mol. The van der Waals surface area contributed by atoms with Crippen molar-refractivity contribution in [3.05, 3.63) is 35.9 Å². The van der Waals surface area contributed by atoms with Gasteiger partial charge < -0.3 is 40.5 Å². The Balaban J connectivity index is 1.54. The number of Topliss-reactive ketones (excluding diaryl/α,β-unsaturated/α-hetero) is 1. The van der Waals surface area contributed by atoms with Gasteiger partial charge in [-0.25, -0.2) is 4.79 Å². The van der Waals surface area contributed by atoms with E-state index in [0.29, 0.717) is 31.2 Å². The van der Waals surface area contributed by atoms with Crippen LogP contribution in [0.15, 0.2) is 30.3 Å². The zero-order chi connectivity index (χ0) is 41.2. The van der Waals surface area contributed by atoms with E-state index in [9.17, 15) is 33.6 Å².